The minimum atomic E-state index is -3.88. The summed E-state index contributed by atoms with van der Waals surface area (Å²) in [7, 11) is -0.793. The summed E-state index contributed by atoms with van der Waals surface area (Å²) in [6, 6.07) is 12.1. The largest absolute Gasteiger partial charge is 0.496 e. The van der Waals surface area contributed by atoms with Gasteiger partial charge in [0.05, 0.1) is 27.4 Å². The van der Waals surface area contributed by atoms with E-state index in [0.29, 0.717) is 31.1 Å². The quantitative estimate of drug-likeness (QED) is 0.649. The van der Waals surface area contributed by atoms with Crippen molar-refractivity contribution in [2.45, 2.75) is 36.9 Å². The molecule has 0 saturated carbocycles. The molecule has 2 aromatic carbocycles. The van der Waals surface area contributed by atoms with Gasteiger partial charge in [-0.15, -0.1) is 0 Å². The second kappa shape index (κ2) is 9.90. The summed E-state index contributed by atoms with van der Waals surface area (Å²) in [5, 5.41) is 0. The van der Waals surface area contributed by atoms with E-state index in [1.165, 1.54) is 7.11 Å². The molecule has 170 valence electrons. The van der Waals surface area contributed by atoms with Gasteiger partial charge in [-0.05, 0) is 42.5 Å². The highest BCUT2D eigenvalue weighted by Gasteiger charge is 2.37. The summed E-state index contributed by atoms with van der Waals surface area (Å²) in [5.74, 6) is 1.24. The average molecular weight is 456 g/mol. The molecule has 0 saturated heterocycles. The van der Waals surface area contributed by atoms with Crippen molar-refractivity contribution < 1.29 is 22.6 Å². The Balaban J connectivity index is 1.79. The summed E-state index contributed by atoms with van der Waals surface area (Å²) in [4.78, 5) is 0.156. The highest BCUT2D eigenvalue weighted by atomic mass is 32.2. The number of rotatable bonds is 6. The summed E-state index contributed by atoms with van der Waals surface area (Å²) in [6.07, 6.45) is 9.85. The Morgan fingerprint density at radius 3 is 2.56 bits per heavy atom. The number of ether oxygens (including phenoxy) is 3. The van der Waals surface area contributed by atoms with Gasteiger partial charge in [0.1, 0.15) is 16.4 Å². The number of fused-ring (bicyclic) bond motifs is 1. The van der Waals surface area contributed by atoms with Gasteiger partial charge in [-0.3, -0.25) is 0 Å². The predicted molar refractivity (Wildman–Crippen MR) is 123 cm³/mol. The maximum atomic E-state index is 14.0. The first-order chi connectivity index (χ1) is 15.5. The monoisotopic (exact) mass is 455 g/mol. The van der Waals surface area contributed by atoms with E-state index in [-0.39, 0.29) is 23.4 Å². The lowest BCUT2D eigenvalue weighted by atomic mass is 9.93. The fourth-order valence-electron chi connectivity index (χ4n) is 4.37. The van der Waals surface area contributed by atoms with Gasteiger partial charge in [0.2, 0.25) is 10.0 Å². The van der Waals surface area contributed by atoms with Crippen LogP contribution in [0.3, 0.4) is 0 Å². The SMILES string of the molecule is COc1ccccc1S(=O)(=O)N1Cc2c(cccc2OC)COCC1CC1C=CC=CC1. The van der Waals surface area contributed by atoms with Crippen molar-refractivity contribution in [1.82, 2.24) is 4.31 Å². The van der Waals surface area contributed by atoms with E-state index in [2.05, 4.69) is 12.2 Å². The Labute approximate surface area is 190 Å². The topological polar surface area (TPSA) is 65.1 Å². The minimum absolute atomic E-state index is 0.156. The van der Waals surface area contributed by atoms with Crippen molar-refractivity contribution in [2.24, 2.45) is 5.92 Å². The van der Waals surface area contributed by atoms with Crippen LogP contribution in [0.25, 0.3) is 0 Å². The van der Waals surface area contributed by atoms with Crippen molar-refractivity contribution >= 4 is 10.0 Å². The van der Waals surface area contributed by atoms with E-state index >= 15 is 0 Å². The van der Waals surface area contributed by atoms with Gasteiger partial charge < -0.3 is 14.2 Å². The Morgan fingerprint density at radius 1 is 1.03 bits per heavy atom. The molecular formula is C25H29NO5S. The molecule has 7 heteroatoms. The number of hydrogen-bond donors (Lipinski definition) is 0. The van der Waals surface area contributed by atoms with E-state index in [0.717, 1.165) is 17.5 Å². The van der Waals surface area contributed by atoms with Crippen molar-refractivity contribution in [2.75, 3.05) is 20.8 Å². The summed E-state index contributed by atoms with van der Waals surface area (Å²) in [5.41, 5.74) is 1.76. The van der Waals surface area contributed by atoms with Crippen LogP contribution in [0.5, 0.6) is 11.5 Å². The Morgan fingerprint density at radius 2 is 1.81 bits per heavy atom. The molecule has 4 rings (SSSR count). The van der Waals surface area contributed by atoms with Crippen LogP contribution in [0, 0.1) is 5.92 Å². The normalized spacial score (nSPS) is 21.4. The van der Waals surface area contributed by atoms with Gasteiger partial charge in [0, 0.05) is 18.2 Å². The van der Waals surface area contributed by atoms with Crippen LogP contribution < -0.4 is 9.47 Å². The molecule has 2 atom stereocenters. The number of sulfonamides is 1. The second-order valence-electron chi connectivity index (χ2n) is 8.01. The summed E-state index contributed by atoms with van der Waals surface area (Å²) in [6.45, 7) is 0.950. The van der Waals surface area contributed by atoms with Crippen LogP contribution in [0.4, 0.5) is 0 Å². The first kappa shape index (κ1) is 22.6. The van der Waals surface area contributed by atoms with Gasteiger partial charge in [0.15, 0.2) is 0 Å². The molecule has 32 heavy (non-hydrogen) atoms. The van der Waals surface area contributed by atoms with Crippen LogP contribution in [-0.4, -0.2) is 39.6 Å². The minimum Gasteiger partial charge on any atom is -0.496 e. The zero-order chi connectivity index (χ0) is 22.6. The lowest BCUT2D eigenvalue weighted by Crippen LogP contribution is -2.44. The highest BCUT2D eigenvalue weighted by Crippen LogP contribution is 2.35. The van der Waals surface area contributed by atoms with Crippen LogP contribution in [0.2, 0.25) is 0 Å². The van der Waals surface area contributed by atoms with Gasteiger partial charge in [-0.2, -0.15) is 4.31 Å². The molecule has 0 fully saturated rings. The lowest BCUT2D eigenvalue weighted by Gasteiger charge is -2.35. The fraction of sp³-hybridized carbons (Fsp3) is 0.360. The molecule has 2 unspecified atom stereocenters. The molecular weight excluding hydrogens is 426 g/mol. The average Bonchev–Trinajstić information content (AvgIpc) is 2.81. The first-order valence-electron chi connectivity index (χ1n) is 10.7. The molecule has 0 N–H and O–H groups in total. The van der Waals surface area contributed by atoms with E-state index in [1.807, 2.05) is 30.4 Å². The van der Waals surface area contributed by atoms with Crippen LogP contribution in [0.1, 0.15) is 24.0 Å². The molecule has 6 nitrogen and oxygen atoms in total. The molecule has 1 heterocycles. The van der Waals surface area contributed by atoms with Crippen molar-refractivity contribution in [3.63, 3.8) is 0 Å². The summed E-state index contributed by atoms with van der Waals surface area (Å²) < 4.78 is 46.6. The number of nitrogens with zero attached hydrogens (tertiary/aromatic N) is 1. The Kier molecular flexibility index (Phi) is 6.98. The maximum Gasteiger partial charge on any atom is 0.247 e. The molecule has 0 amide bonds. The number of hydrogen-bond acceptors (Lipinski definition) is 5. The number of para-hydroxylation sites is 1. The molecule has 1 aliphatic carbocycles. The zero-order valence-electron chi connectivity index (χ0n) is 18.4. The lowest BCUT2D eigenvalue weighted by molar-refractivity contribution is 0.0599. The van der Waals surface area contributed by atoms with Gasteiger partial charge in [-0.1, -0.05) is 48.6 Å². The second-order valence-corrected chi connectivity index (χ2v) is 9.87. The Bertz CT molecular complexity index is 1110. The molecule has 0 aromatic heterocycles. The molecule has 0 radical (unpaired) electrons. The van der Waals surface area contributed by atoms with Crippen molar-refractivity contribution in [1.29, 1.82) is 0 Å². The molecule has 0 spiro atoms. The smallest absolute Gasteiger partial charge is 0.247 e. The predicted octanol–water partition coefficient (Wildman–Crippen LogP) is 4.32. The third-order valence-electron chi connectivity index (χ3n) is 6.04. The van der Waals surface area contributed by atoms with E-state index in [1.54, 1.807) is 35.7 Å². The molecule has 0 bridgehead atoms. The first-order valence-corrected chi connectivity index (χ1v) is 12.2. The highest BCUT2D eigenvalue weighted by molar-refractivity contribution is 7.89. The van der Waals surface area contributed by atoms with E-state index in [9.17, 15) is 8.42 Å². The van der Waals surface area contributed by atoms with Gasteiger partial charge in [0.25, 0.3) is 0 Å². The fourth-order valence-corrected chi connectivity index (χ4v) is 6.12. The maximum absolute atomic E-state index is 14.0. The van der Waals surface area contributed by atoms with Crippen LogP contribution >= 0.6 is 0 Å². The summed E-state index contributed by atoms with van der Waals surface area (Å²) >= 11 is 0. The molecule has 2 aromatic rings. The van der Waals surface area contributed by atoms with E-state index in [4.69, 9.17) is 14.2 Å². The molecule has 1 aliphatic heterocycles. The van der Waals surface area contributed by atoms with Gasteiger partial charge in [-0.25, -0.2) is 8.42 Å². The number of allylic oxidation sites excluding steroid dienone is 4. The molecule has 2 aliphatic rings. The number of methoxy groups -OCH3 is 2. The van der Waals surface area contributed by atoms with Crippen LogP contribution in [0.15, 0.2) is 71.7 Å². The van der Waals surface area contributed by atoms with Gasteiger partial charge >= 0.3 is 0 Å². The van der Waals surface area contributed by atoms with E-state index < -0.39 is 10.0 Å². The van der Waals surface area contributed by atoms with Crippen molar-refractivity contribution in [3.05, 3.63) is 77.9 Å². The standard InChI is InChI=1S/C25H29NO5S/c1-29-23-13-8-11-20-17-31-18-21(15-19-9-4-3-5-10-19)26(16-22(20)23)32(27,28)25-14-7-6-12-24(25)30-2/h3-9,11-14,19,21H,10,15-18H2,1-2H3. The van der Waals surface area contributed by atoms with Crippen molar-refractivity contribution in [3.8, 4) is 11.5 Å². The zero-order valence-corrected chi connectivity index (χ0v) is 19.3. The number of benzene rings is 2. The third-order valence-corrected chi connectivity index (χ3v) is 7.98. The Hall–Kier alpha value is -2.61. The van der Waals surface area contributed by atoms with Crippen LogP contribution in [-0.2, 0) is 27.9 Å². The third kappa shape index (κ3) is 4.60.